The molecular formula is C16H13Cl2NO5. The molecule has 6 nitrogen and oxygen atoms in total. The summed E-state index contributed by atoms with van der Waals surface area (Å²) >= 11 is 12.0. The van der Waals surface area contributed by atoms with E-state index in [1.165, 1.54) is 12.1 Å². The Morgan fingerprint density at radius 3 is 2.54 bits per heavy atom. The van der Waals surface area contributed by atoms with Gasteiger partial charge >= 0.3 is 5.97 Å². The zero-order chi connectivity index (χ0) is 17.9. The molecule has 2 aromatic carbocycles. The van der Waals surface area contributed by atoms with Crippen molar-refractivity contribution in [1.82, 2.24) is 0 Å². The Labute approximate surface area is 147 Å². The van der Waals surface area contributed by atoms with Crippen molar-refractivity contribution in [1.29, 1.82) is 0 Å². The molecule has 2 aromatic rings. The van der Waals surface area contributed by atoms with Gasteiger partial charge in [-0.1, -0.05) is 29.3 Å². The van der Waals surface area contributed by atoms with Gasteiger partial charge in [0.2, 0.25) is 0 Å². The summed E-state index contributed by atoms with van der Waals surface area (Å²) < 4.78 is 4.81. The van der Waals surface area contributed by atoms with E-state index in [2.05, 4.69) is 5.32 Å². The second-order valence-electron chi connectivity index (χ2n) is 4.88. The van der Waals surface area contributed by atoms with Gasteiger partial charge in [-0.3, -0.25) is 4.79 Å². The van der Waals surface area contributed by atoms with E-state index in [0.29, 0.717) is 5.02 Å². The van der Waals surface area contributed by atoms with Crippen LogP contribution in [0.25, 0.3) is 0 Å². The second-order valence-corrected chi connectivity index (χ2v) is 5.66. The third-order valence-corrected chi connectivity index (χ3v) is 3.89. The van der Waals surface area contributed by atoms with Gasteiger partial charge in [0, 0.05) is 6.07 Å². The number of esters is 1. The second kappa shape index (κ2) is 7.42. The summed E-state index contributed by atoms with van der Waals surface area (Å²) in [6.07, 6.45) is 0. The van der Waals surface area contributed by atoms with Crippen molar-refractivity contribution in [3.63, 3.8) is 0 Å². The van der Waals surface area contributed by atoms with E-state index in [1.807, 2.05) is 0 Å². The largest absolute Gasteiger partial charge is 0.508 e. The molecule has 126 valence electrons. The van der Waals surface area contributed by atoms with Crippen molar-refractivity contribution in [2.45, 2.75) is 6.92 Å². The van der Waals surface area contributed by atoms with Crippen LogP contribution in [0.2, 0.25) is 10.0 Å². The number of hydrogen-bond donors (Lipinski definition) is 3. The van der Waals surface area contributed by atoms with E-state index >= 15 is 0 Å². The van der Waals surface area contributed by atoms with Gasteiger partial charge in [0.25, 0.3) is 5.91 Å². The molecule has 1 amide bonds. The normalized spacial score (nSPS) is 10.3. The number of phenols is 2. The fourth-order valence-corrected chi connectivity index (χ4v) is 2.31. The number of halogens is 2. The standard InChI is InChI=1S/C16H13Cl2NO5/c1-8-2-5-11(17)15(14(8)18)19-13(22)7-24-16(23)10-4-3-9(20)6-12(10)21/h2-6,20-21H,7H2,1H3,(H,19,22). The first kappa shape index (κ1) is 17.9. The Hall–Kier alpha value is -2.44. The SMILES string of the molecule is Cc1ccc(Cl)c(NC(=O)COC(=O)c2ccc(O)cc2O)c1Cl. The number of hydrogen-bond acceptors (Lipinski definition) is 5. The Morgan fingerprint density at radius 2 is 1.88 bits per heavy atom. The molecule has 0 unspecified atom stereocenters. The van der Waals surface area contributed by atoms with Crippen LogP contribution < -0.4 is 5.32 Å². The van der Waals surface area contributed by atoms with Crippen LogP contribution in [0, 0.1) is 6.92 Å². The van der Waals surface area contributed by atoms with Gasteiger partial charge < -0.3 is 20.3 Å². The molecule has 2 rings (SSSR count). The average molecular weight is 370 g/mol. The van der Waals surface area contributed by atoms with Crippen molar-refractivity contribution in [3.8, 4) is 11.5 Å². The number of aromatic hydroxyl groups is 2. The summed E-state index contributed by atoms with van der Waals surface area (Å²) in [6.45, 7) is 1.15. The van der Waals surface area contributed by atoms with Crippen molar-refractivity contribution in [3.05, 3.63) is 51.5 Å². The molecule has 0 spiro atoms. The number of carbonyl (C=O) groups is 2. The van der Waals surface area contributed by atoms with Crippen LogP contribution >= 0.6 is 23.2 Å². The van der Waals surface area contributed by atoms with E-state index in [4.69, 9.17) is 27.9 Å². The minimum Gasteiger partial charge on any atom is -0.508 e. The topological polar surface area (TPSA) is 95.9 Å². The van der Waals surface area contributed by atoms with E-state index in [0.717, 1.165) is 11.6 Å². The third kappa shape index (κ3) is 4.10. The predicted molar refractivity (Wildman–Crippen MR) is 89.9 cm³/mol. The Balaban J connectivity index is 2.01. The smallest absolute Gasteiger partial charge is 0.342 e. The molecule has 0 saturated heterocycles. The van der Waals surface area contributed by atoms with Gasteiger partial charge in [-0.05, 0) is 30.7 Å². The van der Waals surface area contributed by atoms with Crippen molar-refractivity contribution in [2.75, 3.05) is 11.9 Å². The van der Waals surface area contributed by atoms with E-state index in [1.54, 1.807) is 19.1 Å². The number of benzene rings is 2. The fraction of sp³-hybridized carbons (Fsp3) is 0.125. The maximum atomic E-state index is 11.9. The zero-order valence-electron chi connectivity index (χ0n) is 12.5. The van der Waals surface area contributed by atoms with Gasteiger partial charge in [-0.2, -0.15) is 0 Å². The molecule has 0 atom stereocenters. The molecule has 8 heteroatoms. The number of anilines is 1. The summed E-state index contributed by atoms with van der Waals surface area (Å²) in [7, 11) is 0. The molecule has 3 N–H and O–H groups in total. The summed E-state index contributed by atoms with van der Waals surface area (Å²) in [5.74, 6) is -2.21. The molecule has 0 radical (unpaired) electrons. The van der Waals surface area contributed by atoms with Crippen LogP contribution in [0.4, 0.5) is 5.69 Å². The summed E-state index contributed by atoms with van der Waals surface area (Å²) in [4.78, 5) is 23.7. The number of rotatable bonds is 4. The first-order valence-corrected chi connectivity index (χ1v) is 7.48. The number of amides is 1. The highest BCUT2D eigenvalue weighted by molar-refractivity contribution is 6.40. The average Bonchev–Trinajstić information content (AvgIpc) is 2.53. The predicted octanol–water partition coefficient (Wildman–Crippen LogP) is 3.51. The van der Waals surface area contributed by atoms with Gasteiger partial charge in [-0.25, -0.2) is 4.79 Å². The fourth-order valence-electron chi connectivity index (χ4n) is 1.85. The molecule has 0 fully saturated rings. The highest BCUT2D eigenvalue weighted by atomic mass is 35.5. The molecule has 24 heavy (non-hydrogen) atoms. The number of aryl methyl sites for hydroxylation is 1. The van der Waals surface area contributed by atoms with Crippen LogP contribution in [0.3, 0.4) is 0 Å². The summed E-state index contributed by atoms with van der Waals surface area (Å²) in [5.41, 5.74) is 0.779. The van der Waals surface area contributed by atoms with Crippen LogP contribution in [0.15, 0.2) is 30.3 Å². The highest BCUT2D eigenvalue weighted by Crippen LogP contribution is 2.32. The quantitative estimate of drug-likeness (QED) is 0.716. The molecule has 0 aliphatic carbocycles. The van der Waals surface area contributed by atoms with E-state index in [9.17, 15) is 19.8 Å². The number of nitrogens with one attached hydrogen (secondary N) is 1. The van der Waals surface area contributed by atoms with Gasteiger partial charge in [0.1, 0.15) is 17.1 Å². The van der Waals surface area contributed by atoms with Gasteiger partial charge in [-0.15, -0.1) is 0 Å². The Bertz CT molecular complexity index is 807. The van der Waals surface area contributed by atoms with Crippen LogP contribution in [-0.2, 0) is 9.53 Å². The maximum Gasteiger partial charge on any atom is 0.342 e. The third-order valence-electron chi connectivity index (χ3n) is 3.08. The van der Waals surface area contributed by atoms with E-state index in [-0.39, 0.29) is 22.0 Å². The minimum atomic E-state index is -0.913. The first-order valence-electron chi connectivity index (χ1n) is 6.73. The highest BCUT2D eigenvalue weighted by Gasteiger charge is 2.16. The molecule has 0 bridgehead atoms. The lowest BCUT2D eigenvalue weighted by atomic mass is 10.2. The molecule has 0 aliphatic heterocycles. The van der Waals surface area contributed by atoms with Gasteiger partial charge in [0.05, 0.1) is 15.7 Å². The summed E-state index contributed by atoms with van der Waals surface area (Å²) in [6, 6.07) is 6.66. The monoisotopic (exact) mass is 369 g/mol. The maximum absolute atomic E-state index is 11.9. The summed E-state index contributed by atoms with van der Waals surface area (Å²) in [5, 5.41) is 21.8. The first-order chi connectivity index (χ1) is 11.3. The number of phenolic OH excluding ortho intramolecular Hbond substituents is 2. The molecule has 0 saturated carbocycles. The lowest BCUT2D eigenvalue weighted by Crippen LogP contribution is -2.21. The molecular weight excluding hydrogens is 357 g/mol. The van der Waals surface area contributed by atoms with Crippen LogP contribution in [0.1, 0.15) is 15.9 Å². The van der Waals surface area contributed by atoms with Gasteiger partial charge in [0.15, 0.2) is 6.61 Å². The Kier molecular flexibility index (Phi) is 5.54. The molecule has 0 aliphatic rings. The molecule has 0 aromatic heterocycles. The van der Waals surface area contributed by atoms with Crippen LogP contribution in [0.5, 0.6) is 11.5 Å². The van der Waals surface area contributed by atoms with Crippen molar-refractivity contribution >= 4 is 40.8 Å². The number of ether oxygens (including phenoxy) is 1. The number of carbonyl (C=O) groups excluding carboxylic acids is 2. The lowest BCUT2D eigenvalue weighted by Gasteiger charge is -2.11. The van der Waals surface area contributed by atoms with Crippen molar-refractivity contribution in [2.24, 2.45) is 0 Å². The lowest BCUT2D eigenvalue weighted by molar-refractivity contribution is -0.119. The molecule has 0 heterocycles. The minimum absolute atomic E-state index is 0.174. The Morgan fingerprint density at radius 1 is 1.17 bits per heavy atom. The van der Waals surface area contributed by atoms with Crippen LogP contribution in [-0.4, -0.2) is 28.7 Å². The van der Waals surface area contributed by atoms with E-state index < -0.39 is 24.2 Å². The zero-order valence-corrected chi connectivity index (χ0v) is 14.0. The van der Waals surface area contributed by atoms with Crippen molar-refractivity contribution < 1.29 is 24.5 Å².